The summed E-state index contributed by atoms with van der Waals surface area (Å²) in [5.74, 6) is -0.764. The fraction of sp³-hybridized carbons (Fsp3) is 0.857. The zero-order valence-corrected chi connectivity index (χ0v) is 6.55. The van der Waals surface area contributed by atoms with Crippen molar-refractivity contribution >= 4 is 5.97 Å². The average Bonchev–Trinajstić information content (AvgIpc) is 2.14. The van der Waals surface area contributed by atoms with Gasteiger partial charge < -0.3 is 5.11 Å². The minimum Gasteiger partial charge on any atom is -0.480 e. The Hall–Kier alpha value is -0.610. The van der Waals surface area contributed by atoms with Crippen molar-refractivity contribution in [2.24, 2.45) is 0 Å². The van der Waals surface area contributed by atoms with Crippen molar-refractivity contribution in [3.05, 3.63) is 0 Å². The van der Waals surface area contributed by atoms with Gasteiger partial charge in [-0.3, -0.25) is 10.2 Å². The minimum absolute atomic E-state index is 0.111. The molecule has 1 rings (SSSR count). The van der Waals surface area contributed by atoms with E-state index < -0.39 is 5.97 Å². The molecule has 2 N–H and O–H groups in total. The lowest BCUT2D eigenvalue weighted by Gasteiger charge is -2.17. The zero-order valence-electron chi connectivity index (χ0n) is 6.55. The van der Waals surface area contributed by atoms with Crippen LogP contribution in [0.3, 0.4) is 0 Å². The molecule has 0 radical (unpaired) electrons. The molecule has 0 unspecified atom stereocenters. The molecular weight excluding hydrogens is 144 g/mol. The molecule has 1 aliphatic rings. The number of rotatable bonds is 2. The number of nitrogens with zero attached hydrogens (tertiary/aromatic N) is 1. The van der Waals surface area contributed by atoms with Gasteiger partial charge in [-0.05, 0) is 12.8 Å². The second-order valence-electron chi connectivity index (χ2n) is 2.78. The SMILES string of the molecule is O=C(O)CN1CCCCCN1. The molecule has 0 saturated carbocycles. The highest BCUT2D eigenvalue weighted by Gasteiger charge is 2.10. The van der Waals surface area contributed by atoms with Gasteiger partial charge in [0.15, 0.2) is 0 Å². The van der Waals surface area contributed by atoms with E-state index in [4.69, 9.17) is 5.11 Å². The van der Waals surface area contributed by atoms with E-state index in [1.165, 1.54) is 6.42 Å². The highest BCUT2D eigenvalue weighted by atomic mass is 16.4. The summed E-state index contributed by atoms with van der Waals surface area (Å²) in [4.78, 5) is 10.3. The van der Waals surface area contributed by atoms with Crippen LogP contribution in [0.2, 0.25) is 0 Å². The van der Waals surface area contributed by atoms with Crippen LogP contribution in [0.4, 0.5) is 0 Å². The smallest absolute Gasteiger partial charge is 0.319 e. The van der Waals surface area contributed by atoms with Gasteiger partial charge in [0.2, 0.25) is 0 Å². The van der Waals surface area contributed by atoms with E-state index in [-0.39, 0.29) is 6.54 Å². The van der Waals surface area contributed by atoms with Crippen LogP contribution in [0.1, 0.15) is 19.3 Å². The quantitative estimate of drug-likeness (QED) is 0.596. The Morgan fingerprint density at radius 1 is 1.45 bits per heavy atom. The van der Waals surface area contributed by atoms with Gasteiger partial charge in [0, 0.05) is 13.1 Å². The van der Waals surface area contributed by atoms with Crippen LogP contribution >= 0.6 is 0 Å². The molecule has 1 aliphatic heterocycles. The van der Waals surface area contributed by atoms with Gasteiger partial charge in [-0.1, -0.05) is 6.42 Å². The monoisotopic (exact) mass is 158 g/mol. The summed E-state index contributed by atoms with van der Waals surface area (Å²) >= 11 is 0. The summed E-state index contributed by atoms with van der Waals surface area (Å²) in [6.45, 7) is 1.87. The summed E-state index contributed by atoms with van der Waals surface area (Å²) in [6.07, 6.45) is 3.44. The second kappa shape index (κ2) is 4.31. The van der Waals surface area contributed by atoms with Crippen LogP contribution in [-0.2, 0) is 4.79 Å². The number of carbonyl (C=O) groups is 1. The molecular formula is C7H14N2O2. The van der Waals surface area contributed by atoms with Gasteiger partial charge in [0.05, 0.1) is 0 Å². The minimum atomic E-state index is -0.764. The molecule has 0 spiro atoms. The predicted molar refractivity (Wildman–Crippen MR) is 41.1 cm³/mol. The largest absolute Gasteiger partial charge is 0.480 e. The van der Waals surface area contributed by atoms with Crippen molar-refractivity contribution in [3.8, 4) is 0 Å². The lowest BCUT2D eigenvalue weighted by molar-refractivity contribution is -0.139. The Morgan fingerprint density at radius 3 is 3.00 bits per heavy atom. The maximum Gasteiger partial charge on any atom is 0.319 e. The van der Waals surface area contributed by atoms with Crippen molar-refractivity contribution in [3.63, 3.8) is 0 Å². The summed E-state index contributed by atoms with van der Waals surface area (Å²) in [5, 5.41) is 10.2. The van der Waals surface area contributed by atoms with Crippen molar-refractivity contribution in [2.75, 3.05) is 19.6 Å². The predicted octanol–water partition coefficient (Wildman–Crippen LogP) is 0.0615. The van der Waals surface area contributed by atoms with Gasteiger partial charge in [-0.2, -0.15) is 0 Å². The molecule has 0 bridgehead atoms. The lowest BCUT2D eigenvalue weighted by Crippen LogP contribution is -2.41. The Bertz CT molecular complexity index is 130. The van der Waals surface area contributed by atoms with E-state index in [1.807, 2.05) is 0 Å². The van der Waals surface area contributed by atoms with Crippen LogP contribution in [0.25, 0.3) is 0 Å². The Kier molecular flexibility index (Phi) is 3.32. The molecule has 0 aromatic carbocycles. The number of hydrazine groups is 1. The Morgan fingerprint density at radius 2 is 2.27 bits per heavy atom. The number of carboxylic acid groups (broad SMARTS) is 1. The first-order valence-electron chi connectivity index (χ1n) is 3.99. The zero-order chi connectivity index (χ0) is 8.10. The maximum atomic E-state index is 10.3. The molecule has 4 heteroatoms. The third kappa shape index (κ3) is 3.34. The van der Waals surface area contributed by atoms with Crippen molar-refractivity contribution in [2.45, 2.75) is 19.3 Å². The van der Waals surface area contributed by atoms with Crippen molar-refractivity contribution in [1.82, 2.24) is 10.4 Å². The number of aliphatic carboxylic acids is 1. The third-order valence-electron chi connectivity index (χ3n) is 1.77. The number of hydrogen-bond donors (Lipinski definition) is 2. The number of carboxylic acids is 1. The number of nitrogens with one attached hydrogen (secondary N) is 1. The second-order valence-corrected chi connectivity index (χ2v) is 2.78. The van der Waals surface area contributed by atoms with E-state index in [2.05, 4.69) is 5.43 Å². The van der Waals surface area contributed by atoms with Crippen molar-refractivity contribution in [1.29, 1.82) is 0 Å². The first kappa shape index (κ1) is 8.49. The lowest BCUT2D eigenvalue weighted by atomic mass is 10.2. The van der Waals surface area contributed by atoms with Crippen LogP contribution in [0, 0.1) is 0 Å². The van der Waals surface area contributed by atoms with Gasteiger partial charge in [-0.15, -0.1) is 0 Å². The van der Waals surface area contributed by atoms with E-state index in [0.29, 0.717) is 0 Å². The first-order chi connectivity index (χ1) is 5.29. The molecule has 64 valence electrons. The third-order valence-corrected chi connectivity index (χ3v) is 1.77. The molecule has 0 aromatic rings. The standard InChI is InChI=1S/C7H14N2O2/c10-7(11)6-9-5-3-1-2-4-8-9/h8H,1-6H2,(H,10,11). The van der Waals surface area contributed by atoms with E-state index in [9.17, 15) is 4.79 Å². The summed E-state index contributed by atoms with van der Waals surface area (Å²) in [6, 6.07) is 0. The van der Waals surface area contributed by atoms with Gasteiger partial charge in [0.1, 0.15) is 6.54 Å². The fourth-order valence-electron chi connectivity index (χ4n) is 1.22. The van der Waals surface area contributed by atoms with Crippen LogP contribution < -0.4 is 5.43 Å². The van der Waals surface area contributed by atoms with E-state index in [1.54, 1.807) is 5.01 Å². The molecule has 0 aliphatic carbocycles. The molecule has 0 atom stereocenters. The molecule has 1 fully saturated rings. The maximum absolute atomic E-state index is 10.3. The summed E-state index contributed by atoms with van der Waals surface area (Å²) in [7, 11) is 0. The van der Waals surface area contributed by atoms with Gasteiger partial charge in [-0.25, -0.2) is 5.01 Å². The summed E-state index contributed by atoms with van der Waals surface area (Å²) in [5.41, 5.74) is 3.07. The Balaban J connectivity index is 2.25. The highest BCUT2D eigenvalue weighted by Crippen LogP contribution is 2.00. The molecule has 1 saturated heterocycles. The topological polar surface area (TPSA) is 52.6 Å². The van der Waals surface area contributed by atoms with Crippen LogP contribution in [0.5, 0.6) is 0 Å². The van der Waals surface area contributed by atoms with Crippen molar-refractivity contribution < 1.29 is 9.90 Å². The van der Waals surface area contributed by atoms with E-state index in [0.717, 1.165) is 25.9 Å². The van der Waals surface area contributed by atoms with Crippen LogP contribution in [-0.4, -0.2) is 35.7 Å². The van der Waals surface area contributed by atoms with Gasteiger partial charge >= 0.3 is 5.97 Å². The first-order valence-corrected chi connectivity index (χ1v) is 3.99. The molecule has 0 aromatic heterocycles. The van der Waals surface area contributed by atoms with Gasteiger partial charge in [0.25, 0.3) is 0 Å². The Labute approximate surface area is 66.2 Å². The normalized spacial score (nSPS) is 21.1. The average molecular weight is 158 g/mol. The van der Waals surface area contributed by atoms with E-state index >= 15 is 0 Å². The number of hydrogen-bond acceptors (Lipinski definition) is 3. The summed E-state index contributed by atoms with van der Waals surface area (Å²) < 4.78 is 0. The fourth-order valence-corrected chi connectivity index (χ4v) is 1.22. The molecule has 4 nitrogen and oxygen atoms in total. The van der Waals surface area contributed by atoms with Crippen LogP contribution in [0.15, 0.2) is 0 Å². The molecule has 0 amide bonds. The molecule has 1 heterocycles. The highest BCUT2D eigenvalue weighted by molar-refractivity contribution is 5.68. The molecule has 11 heavy (non-hydrogen) atoms.